The molecular weight excluding hydrogens is 448 g/mol. The van der Waals surface area contributed by atoms with Gasteiger partial charge < -0.3 is 5.11 Å². The summed E-state index contributed by atoms with van der Waals surface area (Å²) in [5.41, 5.74) is 8.62. The quantitative estimate of drug-likeness (QED) is 0.291. The Hall–Kier alpha value is -4.78. The fourth-order valence-corrected chi connectivity index (χ4v) is 4.05. The second kappa shape index (κ2) is 9.46. The predicted octanol–water partition coefficient (Wildman–Crippen LogP) is 6.33. The Morgan fingerprint density at radius 3 is 2.11 bits per heavy atom. The number of phenols is 1. The smallest absolute Gasteiger partial charge is 0.143 e. The fourth-order valence-electron chi connectivity index (χ4n) is 4.05. The van der Waals surface area contributed by atoms with E-state index in [2.05, 4.69) is 53.0 Å². The minimum atomic E-state index is 0.117. The van der Waals surface area contributed by atoms with Crippen LogP contribution in [0.4, 0.5) is 0 Å². The summed E-state index contributed by atoms with van der Waals surface area (Å²) in [4.78, 5) is 3.11. The van der Waals surface area contributed by atoms with E-state index in [1.807, 2.05) is 67.6 Å². The number of benzene rings is 3. The SMILES string of the molecule is C=Cc1nn(-c2cccc(/C(C)=C(\C)c3ccc(O)c(-n4nc5ccccc5n4)c3)c2)nc1/C=C\C. The molecule has 0 fully saturated rings. The molecule has 0 unspecified atom stereocenters. The summed E-state index contributed by atoms with van der Waals surface area (Å²) >= 11 is 0. The number of hydrogen-bond donors (Lipinski definition) is 1. The van der Waals surface area contributed by atoms with E-state index in [0.717, 1.165) is 50.4 Å². The Morgan fingerprint density at radius 1 is 0.778 bits per heavy atom. The van der Waals surface area contributed by atoms with Gasteiger partial charge in [-0.25, -0.2) is 0 Å². The lowest BCUT2D eigenvalue weighted by molar-refractivity contribution is 0.467. The van der Waals surface area contributed by atoms with E-state index in [9.17, 15) is 5.11 Å². The van der Waals surface area contributed by atoms with Crippen molar-refractivity contribution in [3.63, 3.8) is 0 Å². The molecule has 0 saturated heterocycles. The number of fused-ring (bicyclic) bond motifs is 1. The molecule has 2 heterocycles. The van der Waals surface area contributed by atoms with Crippen LogP contribution < -0.4 is 0 Å². The molecule has 36 heavy (non-hydrogen) atoms. The number of nitrogens with zero attached hydrogens (tertiary/aromatic N) is 6. The molecule has 0 amide bonds. The highest BCUT2D eigenvalue weighted by atomic mass is 16.3. The molecule has 0 radical (unpaired) electrons. The predicted molar refractivity (Wildman–Crippen MR) is 145 cm³/mol. The summed E-state index contributed by atoms with van der Waals surface area (Å²) in [7, 11) is 0. The third kappa shape index (κ3) is 4.22. The molecule has 0 saturated carbocycles. The van der Waals surface area contributed by atoms with Crippen molar-refractivity contribution in [3.05, 3.63) is 102 Å². The molecule has 0 bridgehead atoms. The zero-order valence-corrected chi connectivity index (χ0v) is 20.4. The molecular formula is C29H26N6O. The number of aromatic nitrogens is 6. The summed E-state index contributed by atoms with van der Waals surface area (Å²) in [5.74, 6) is 0.117. The van der Waals surface area contributed by atoms with E-state index in [-0.39, 0.29) is 5.75 Å². The van der Waals surface area contributed by atoms with Crippen LogP contribution in [0.25, 0.3) is 45.7 Å². The molecule has 7 heteroatoms. The van der Waals surface area contributed by atoms with Gasteiger partial charge in [-0.05, 0) is 91.6 Å². The first kappa shape index (κ1) is 23.0. The normalized spacial score (nSPS) is 12.3. The van der Waals surface area contributed by atoms with E-state index in [1.165, 1.54) is 4.80 Å². The first-order valence-corrected chi connectivity index (χ1v) is 11.6. The first-order valence-electron chi connectivity index (χ1n) is 11.6. The molecule has 5 aromatic rings. The molecule has 3 aromatic carbocycles. The average molecular weight is 475 g/mol. The monoisotopic (exact) mass is 474 g/mol. The van der Waals surface area contributed by atoms with E-state index in [4.69, 9.17) is 0 Å². The van der Waals surface area contributed by atoms with Crippen LogP contribution in [-0.4, -0.2) is 35.1 Å². The van der Waals surface area contributed by atoms with Gasteiger partial charge in [0.25, 0.3) is 0 Å². The maximum Gasteiger partial charge on any atom is 0.143 e. The van der Waals surface area contributed by atoms with Crippen molar-refractivity contribution in [2.24, 2.45) is 0 Å². The maximum absolute atomic E-state index is 10.6. The lowest BCUT2D eigenvalue weighted by atomic mass is 9.96. The summed E-state index contributed by atoms with van der Waals surface area (Å²) in [6.45, 7) is 9.94. The topological polar surface area (TPSA) is 81.6 Å². The van der Waals surface area contributed by atoms with Crippen LogP contribution in [0.15, 0.2) is 79.4 Å². The van der Waals surface area contributed by atoms with Crippen LogP contribution >= 0.6 is 0 Å². The molecule has 2 aromatic heterocycles. The number of rotatable bonds is 6. The Labute approximate surface area is 209 Å². The number of phenolic OH excluding ortho intramolecular Hbond substituents is 1. The minimum Gasteiger partial charge on any atom is -0.506 e. The van der Waals surface area contributed by atoms with Gasteiger partial charge in [0.2, 0.25) is 0 Å². The molecule has 7 nitrogen and oxygen atoms in total. The van der Waals surface area contributed by atoms with Gasteiger partial charge in [0.1, 0.15) is 33.9 Å². The van der Waals surface area contributed by atoms with Crippen LogP contribution in [0, 0.1) is 0 Å². The molecule has 0 atom stereocenters. The molecule has 0 spiro atoms. The molecule has 0 aliphatic rings. The van der Waals surface area contributed by atoms with E-state index in [0.29, 0.717) is 5.69 Å². The first-order chi connectivity index (χ1) is 17.5. The van der Waals surface area contributed by atoms with Crippen molar-refractivity contribution in [2.75, 3.05) is 0 Å². The van der Waals surface area contributed by atoms with Gasteiger partial charge in [-0.2, -0.15) is 4.80 Å². The lowest BCUT2D eigenvalue weighted by Crippen LogP contribution is -2.01. The highest BCUT2D eigenvalue weighted by Gasteiger charge is 2.13. The second-order valence-electron chi connectivity index (χ2n) is 8.45. The summed E-state index contributed by atoms with van der Waals surface area (Å²) in [5, 5.41) is 28.8. The van der Waals surface area contributed by atoms with Gasteiger partial charge in [-0.15, -0.1) is 25.2 Å². The van der Waals surface area contributed by atoms with Crippen molar-refractivity contribution in [3.8, 4) is 17.1 Å². The van der Waals surface area contributed by atoms with Crippen molar-refractivity contribution in [2.45, 2.75) is 20.8 Å². The Balaban J connectivity index is 1.53. The van der Waals surface area contributed by atoms with Crippen LogP contribution in [0.1, 0.15) is 43.3 Å². The Bertz CT molecular complexity index is 1620. The van der Waals surface area contributed by atoms with E-state index < -0.39 is 0 Å². The largest absolute Gasteiger partial charge is 0.506 e. The third-order valence-corrected chi connectivity index (χ3v) is 6.17. The minimum absolute atomic E-state index is 0.117. The third-order valence-electron chi connectivity index (χ3n) is 6.17. The van der Waals surface area contributed by atoms with Crippen LogP contribution in [-0.2, 0) is 0 Å². The second-order valence-corrected chi connectivity index (χ2v) is 8.45. The van der Waals surface area contributed by atoms with Crippen molar-refractivity contribution in [1.82, 2.24) is 30.0 Å². The summed E-state index contributed by atoms with van der Waals surface area (Å²) in [6, 6.07) is 21.2. The molecule has 0 aliphatic carbocycles. The van der Waals surface area contributed by atoms with Gasteiger partial charge in [0.15, 0.2) is 0 Å². The Morgan fingerprint density at radius 2 is 1.44 bits per heavy atom. The van der Waals surface area contributed by atoms with Gasteiger partial charge in [-0.3, -0.25) is 0 Å². The van der Waals surface area contributed by atoms with Crippen molar-refractivity contribution in [1.29, 1.82) is 0 Å². The number of hydrogen-bond acceptors (Lipinski definition) is 5. The average Bonchev–Trinajstić information content (AvgIpc) is 3.52. The van der Waals surface area contributed by atoms with Crippen LogP contribution in [0.3, 0.4) is 0 Å². The molecule has 178 valence electrons. The summed E-state index contributed by atoms with van der Waals surface area (Å²) in [6.07, 6.45) is 5.55. The lowest BCUT2D eigenvalue weighted by Gasteiger charge is -2.12. The summed E-state index contributed by atoms with van der Waals surface area (Å²) < 4.78 is 0. The Kier molecular flexibility index (Phi) is 6.04. The van der Waals surface area contributed by atoms with Gasteiger partial charge in [0.05, 0.1) is 5.69 Å². The van der Waals surface area contributed by atoms with Gasteiger partial charge >= 0.3 is 0 Å². The zero-order chi connectivity index (χ0) is 25.2. The maximum atomic E-state index is 10.6. The van der Waals surface area contributed by atoms with E-state index >= 15 is 0 Å². The molecule has 1 N–H and O–H groups in total. The van der Waals surface area contributed by atoms with Gasteiger partial charge in [-0.1, -0.05) is 43.0 Å². The fraction of sp³-hybridized carbons (Fsp3) is 0.103. The standard InChI is InChI=1S/C29H26N6O/c1-5-10-25-24(6-2)30-34(31-25)23-12-9-11-21(17-23)19(3)20(4)22-15-16-29(36)28(18-22)35-32-26-13-7-8-14-27(26)33-35/h5-18,36H,2H2,1,3-4H3/b10-5-,20-19+. The van der Waals surface area contributed by atoms with Gasteiger partial charge in [0, 0.05) is 0 Å². The van der Waals surface area contributed by atoms with E-state index in [1.54, 1.807) is 16.9 Å². The van der Waals surface area contributed by atoms with Crippen molar-refractivity contribution >= 4 is 34.3 Å². The highest BCUT2D eigenvalue weighted by Crippen LogP contribution is 2.31. The van der Waals surface area contributed by atoms with Crippen LogP contribution in [0.5, 0.6) is 5.75 Å². The van der Waals surface area contributed by atoms with Crippen molar-refractivity contribution < 1.29 is 5.11 Å². The van der Waals surface area contributed by atoms with Crippen LogP contribution in [0.2, 0.25) is 0 Å². The number of aromatic hydroxyl groups is 1. The molecule has 0 aliphatic heterocycles. The number of allylic oxidation sites excluding steroid dienone is 3. The molecule has 5 rings (SSSR count). The highest BCUT2D eigenvalue weighted by molar-refractivity contribution is 5.90. The zero-order valence-electron chi connectivity index (χ0n) is 20.4.